The minimum Gasteiger partial charge on any atom is -0.372 e. The largest absolute Gasteiger partial charge is 0.372 e. The molecule has 120 valence electrons. The van der Waals surface area contributed by atoms with Crippen molar-refractivity contribution in [1.29, 1.82) is 0 Å². The molecule has 1 N–H and O–H groups in total. The minimum absolute atomic E-state index is 0.979. The summed E-state index contributed by atoms with van der Waals surface area (Å²) in [4.78, 5) is 4.72. The van der Waals surface area contributed by atoms with Gasteiger partial charge in [-0.1, -0.05) is 13.0 Å². The Morgan fingerprint density at radius 3 is 2.43 bits per heavy atom. The lowest BCUT2D eigenvalue weighted by Crippen LogP contribution is -2.27. The molecule has 0 aliphatic heterocycles. The van der Waals surface area contributed by atoms with E-state index in [0.29, 0.717) is 0 Å². The van der Waals surface area contributed by atoms with E-state index in [1.807, 2.05) is 0 Å². The molecule has 21 heavy (non-hydrogen) atoms. The molecule has 0 spiro atoms. The Balaban J connectivity index is 2.62. The summed E-state index contributed by atoms with van der Waals surface area (Å²) in [6, 6.07) is 6.89. The van der Waals surface area contributed by atoms with Crippen molar-refractivity contribution in [2.24, 2.45) is 0 Å². The second kappa shape index (κ2) is 9.80. The second-order valence-corrected chi connectivity index (χ2v) is 6.02. The van der Waals surface area contributed by atoms with Crippen molar-refractivity contribution >= 4 is 5.69 Å². The average molecular weight is 291 g/mol. The first-order valence-corrected chi connectivity index (χ1v) is 8.28. The van der Waals surface area contributed by atoms with Crippen molar-refractivity contribution in [3.63, 3.8) is 0 Å². The molecule has 3 heteroatoms. The van der Waals surface area contributed by atoms with Crippen LogP contribution in [0.15, 0.2) is 18.2 Å². The van der Waals surface area contributed by atoms with E-state index in [2.05, 4.69) is 68.2 Å². The summed E-state index contributed by atoms with van der Waals surface area (Å²) in [7, 11) is 4.27. The van der Waals surface area contributed by atoms with E-state index in [9.17, 15) is 0 Å². The van der Waals surface area contributed by atoms with Crippen molar-refractivity contribution in [3.05, 3.63) is 29.3 Å². The maximum Gasteiger partial charge on any atom is 0.0368 e. The summed E-state index contributed by atoms with van der Waals surface area (Å²) in [5.41, 5.74) is 4.16. The van der Waals surface area contributed by atoms with Crippen LogP contribution in [0.25, 0.3) is 0 Å². The van der Waals surface area contributed by atoms with Crippen LogP contribution in [0, 0.1) is 6.92 Å². The normalized spacial score (nSPS) is 11.1. The van der Waals surface area contributed by atoms with E-state index >= 15 is 0 Å². The van der Waals surface area contributed by atoms with Gasteiger partial charge in [-0.25, -0.2) is 0 Å². The molecule has 3 nitrogen and oxygen atoms in total. The standard InChI is InChI=1S/C18H33N3/c1-6-11-19-15-17-9-10-18(14-16(17)3)21(7-2)13-8-12-20(4)5/h9-10,14,19H,6-8,11-13,15H2,1-5H3. The molecule has 0 aliphatic rings. The Morgan fingerprint density at radius 1 is 1.10 bits per heavy atom. The van der Waals surface area contributed by atoms with Gasteiger partial charge in [-0.2, -0.15) is 0 Å². The van der Waals surface area contributed by atoms with Crippen LogP contribution in [0.3, 0.4) is 0 Å². The summed E-state index contributed by atoms with van der Waals surface area (Å²) in [5, 5.41) is 3.48. The highest BCUT2D eigenvalue weighted by Gasteiger charge is 2.06. The van der Waals surface area contributed by atoms with E-state index < -0.39 is 0 Å². The van der Waals surface area contributed by atoms with Crippen molar-refractivity contribution in [2.75, 3.05) is 45.2 Å². The van der Waals surface area contributed by atoms with Crippen molar-refractivity contribution in [3.8, 4) is 0 Å². The molecule has 0 bridgehead atoms. The number of nitrogens with one attached hydrogen (secondary N) is 1. The quantitative estimate of drug-likeness (QED) is 0.668. The second-order valence-electron chi connectivity index (χ2n) is 6.02. The lowest BCUT2D eigenvalue weighted by molar-refractivity contribution is 0.400. The van der Waals surface area contributed by atoms with Crippen molar-refractivity contribution < 1.29 is 0 Å². The molecule has 0 saturated heterocycles. The van der Waals surface area contributed by atoms with Crippen LogP contribution >= 0.6 is 0 Å². The maximum absolute atomic E-state index is 3.48. The van der Waals surface area contributed by atoms with Crippen LogP contribution in [-0.2, 0) is 6.54 Å². The molecule has 0 unspecified atom stereocenters. The molecule has 1 aromatic rings. The molecule has 1 aromatic carbocycles. The number of aryl methyl sites for hydroxylation is 1. The van der Waals surface area contributed by atoms with Gasteiger partial charge < -0.3 is 15.1 Å². The Bertz CT molecular complexity index is 401. The molecular formula is C18H33N3. The Morgan fingerprint density at radius 2 is 1.86 bits per heavy atom. The van der Waals surface area contributed by atoms with Gasteiger partial charge in [-0.3, -0.25) is 0 Å². The van der Waals surface area contributed by atoms with Gasteiger partial charge in [0.1, 0.15) is 0 Å². The van der Waals surface area contributed by atoms with Gasteiger partial charge in [0, 0.05) is 25.3 Å². The van der Waals surface area contributed by atoms with E-state index in [1.165, 1.54) is 29.7 Å². The number of nitrogens with zero attached hydrogens (tertiary/aromatic N) is 2. The molecule has 0 fully saturated rings. The lowest BCUT2D eigenvalue weighted by atomic mass is 10.1. The highest BCUT2D eigenvalue weighted by atomic mass is 15.1. The van der Waals surface area contributed by atoms with E-state index in [1.54, 1.807) is 0 Å². The van der Waals surface area contributed by atoms with Crippen LogP contribution in [0.1, 0.15) is 37.8 Å². The lowest BCUT2D eigenvalue weighted by Gasteiger charge is -2.25. The Kier molecular flexibility index (Phi) is 8.40. The third-order valence-corrected chi connectivity index (χ3v) is 3.85. The summed E-state index contributed by atoms with van der Waals surface area (Å²) in [5.74, 6) is 0. The Hall–Kier alpha value is -1.06. The smallest absolute Gasteiger partial charge is 0.0368 e. The highest BCUT2D eigenvalue weighted by molar-refractivity contribution is 5.50. The number of hydrogen-bond donors (Lipinski definition) is 1. The Labute approximate surface area is 131 Å². The van der Waals surface area contributed by atoms with Gasteiger partial charge in [0.05, 0.1) is 0 Å². The van der Waals surface area contributed by atoms with Crippen molar-refractivity contribution in [2.45, 2.75) is 40.2 Å². The minimum atomic E-state index is 0.979. The molecule has 0 radical (unpaired) electrons. The third-order valence-electron chi connectivity index (χ3n) is 3.85. The molecular weight excluding hydrogens is 258 g/mol. The number of rotatable bonds is 10. The fourth-order valence-electron chi connectivity index (χ4n) is 2.52. The van der Waals surface area contributed by atoms with Crippen LogP contribution in [0.2, 0.25) is 0 Å². The van der Waals surface area contributed by atoms with Gasteiger partial charge in [-0.05, 0) is 77.1 Å². The predicted molar refractivity (Wildman–Crippen MR) is 94.2 cm³/mol. The summed E-state index contributed by atoms with van der Waals surface area (Å²) < 4.78 is 0. The topological polar surface area (TPSA) is 18.5 Å². The van der Waals surface area contributed by atoms with Gasteiger partial charge in [0.15, 0.2) is 0 Å². The fraction of sp³-hybridized carbons (Fsp3) is 0.667. The molecule has 0 atom stereocenters. The maximum atomic E-state index is 3.48. The van der Waals surface area contributed by atoms with Gasteiger partial charge in [-0.15, -0.1) is 0 Å². The summed E-state index contributed by atoms with van der Waals surface area (Å²) in [6.45, 7) is 12.1. The molecule has 0 aromatic heterocycles. The zero-order valence-corrected chi connectivity index (χ0v) is 14.6. The molecule has 1 rings (SSSR count). The first-order chi connectivity index (χ1) is 10.1. The number of hydrogen-bond acceptors (Lipinski definition) is 3. The number of anilines is 1. The van der Waals surface area contributed by atoms with Crippen LogP contribution in [-0.4, -0.2) is 45.2 Å². The van der Waals surface area contributed by atoms with E-state index in [0.717, 1.165) is 32.7 Å². The number of benzene rings is 1. The molecule has 0 amide bonds. The average Bonchev–Trinajstić information content (AvgIpc) is 2.45. The van der Waals surface area contributed by atoms with Crippen LogP contribution in [0.4, 0.5) is 5.69 Å². The highest BCUT2D eigenvalue weighted by Crippen LogP contribution is 2.19. The zero-order chi connectivity index (χ0) is 15.7. The predicted octanol–water partition coefficient (Wildman–Crippen LogP) is 3.27. The summed E-state index contributed by atoms with van der Waals surface area (Å²) in [6.07, 6.45) is 2.40. The first-order valence-electron chi connectivity index (χ1n) is 8.28. The monoisotopic (exact) mass is 291 g/mol. The van der Waals surface area contributed by atoms with Crippen LogP contribution < -0.4 is 10.2 Å². The zero-order valence-electron chi connectivity index (χ0n) is 14.6. The van der Waals surface area contributed by atoms with Gasteiger partial charge in [0.2, 0.25) is 0 Å². The molecule has 0 aliphatic carbocycles. The fourth-order valence-corrected chi connectivity index (χ4v) is 2.52. The third kappa shape index (κ3) is 6.49. The first kappa shape index (κ1) is 18.0. The van der Waals surface area contributed by atoms with Gasteiger partial charge >= 0.3 is 0 Å². The van der Waals surface area contributed by atoms with E-state index in [-0.39, 0.29) is 0 Å². The summed E-state index contributed by atoms with van der Waals surface area (Å²) >= 11 is 0. The molecule has 0 saturated carbocycles. The SMILES string of the molecule is CCCNCc1ccc(N(CC)CCCN(C)C)cc1C. The van der Waals surface area contributed by atoms with Crippen molar-refractivity contribution in [1.82, 2.24) is 10.2 Å². The van der Waals surface area contributed by atoms with E-state index in [4.69, 9.17) is 0 Å². The molecule has 0 heterocycles. The van der Waals surface area contributed by atoms with Gasteiger partial charge in [0.25, 0.3) is 0 Å². The van der Waals surface area contributed by atoms with Crippen LogP contribution in [0.5, 0.6) is 0 Å².